The van der Waals surface area contributed by atoms with Gasteiger partial charge in [0.15, 0.2) is 0 Å². The van der Waals surface area contributed by atoms with E-state index < -0.39 is 0 Å². The largest absolute Gasteiger partial charge is 0.507 e. The van der Waals surface area contributed by atoms with E-state index in [9.17, 15) is 10.2 Å². The number of allylic oxidation sites excluding steroid dienone is 1. The van der Waals surface area contributed by atoms with Gasteiger partial charge in [0.1, 0.15) is 17.3 Å². The van der Waals surface area contributed by atoms with Crippen LogP contribution < -0.4 is 0 Å². The molecule has 0 aromatic heterocycles. The SMILES string of the molecule is C=C(C)c1cc(C(=C)OC)c(O)cc1O. The number of aromatic hydroxyl groups is 2. The average molecular weight is 206 g/mol. The maximum Gasteiger partial charge on any atom is 0.130 e. The molecule has 1 aromatic carbocycles. The van der Waals surface area contributed by atoms with Crippen molar-refractivity contribution >= 4 is 11.3 Å². The molecule has 1 rings (SSSR count). The van der Waals surface area contributed by atoms with Crippen LogP contribution in [0.2, 0.25) is 0 Å². The van der Waals surface area contributed by atoms with Crippen molar-refractivity contribution in [1.29, 1.82) is 0 Å². The van der Waals surface area contributed by atoms with E-state index in [1.165, 1.54) is 13.2 Å². The average Bonchev–Trinajstić information content (AvgIpc) is 2.16. The van der Waals surface area contributed by atoms with Crippen LogP contribution in [0.3, 0.4) is 0 Å². The fraction of sp³-hybridized carbons (Fsp3) is 0.167. The summed E-state index contributed by atoms with van der Waals surface area (Å²) in [5.41, 5.74) is 1.73. The summed E-state index contributed by atoms with van der Waals surface area (Å²) in [6.45, 7) is 9.14. The summed E-state index contributed by atoms with van der Waals surface area (Å²) in [6, 6.07) is 2.85. The molecule has 3 nitrogen and oxygen atoms in total. The number of ether oxygens (including phenoxy) is 1. The summed E-state index contributed by atoms with van der Waals surface area (Å²) in [4.78, 5) is 0. The predicted molar refractivity (Wildman–Crippen MR) is 60.5 cm³/mol. The minimum Gasteiger partial charge on any atom is -0.507 e. The van der Waals surface area contributed by atoms with Crippen molar-refractivity contribution in [2.75, 3.05) is 7.11 Å². The number of phenolic OH excluding ortho intramolecular Hbond substituents is 2. The fourth-order valence-electron chi connectivity index (χ4n) is 1.25. The third-order valence-electron chi connectivity index (χ3n) is 2.12. The summed E-state index contributed by atoms with van der Waals surface area (Å²) >= 11 is 0. The Morgan fingerprint density at radius 2 is 1.67 bits per heavy atom. The highest BCUT2D eigenvalue weighted by molar-refractivity contribution is 5.74. The first-order valence-electron chi connectivity index (χ1n) is 4.42. The third-order valence-corrected chi connectivity index (χ3v) is 2.12. The number of methoxy groups -OCH3 is 1. The van der Waals surface area contributed by atoms with Gasteiger partial charge in [0, 0.05) is 11.6 Å². The standard InChI is InChI=1S/C12H14O3/c1-7(2)9-5-10(8(3)15-4)12(14)6-11(9)13/h5-6,13-14H,1,3H2,2,4H3. The molecule has 1 aromatic rings. The van der Waals surface area contributed by atoms with Crippen LogP contribution >= 0.6 is 0 Å². The van der Waals surface area contributed by atoms with E-state index in [-0.39, 0.29) is 11.5 Å². The number of rotatable bonds is 3. The Bertz CT molecular complexity index is 419. The highest BCUT2D eigenvalue weighted by Gasteiger charge is 2.11. The molecule has 15 heavy (non-hydrogen) atoms. The molecule has 0 saturated heterocycles. The summed E-state index contributed by atoms with van der Waals surface area (Å²) < 4.78 is 4.93. The van der Waals surface area contributed by atoms with E-state index in [0.29, 0.717) is 22.5 Å². The van der Waals surface area contributed by atoms with E-state index in [1.54, 1.807) is 13.0 Å². The Morgan fingerprint density at radius 1 is 1.13 bits per heavy atom. The fourth-order valence-corrected chi connectivity index (χ4v) is 1.25. The predicted octanol–water partition coefficient (Wildman–Crippen LogP) is 2.75. The van der Waals surface area contributed by atoms with Gasteiger partial charge in [-0.3, -0.25) is 0 Å². The van der Waals surface area contributed by atoms with Crippen molar-refractivity contribution in [3.8, 4) is 11.5 Å². The van der Waals surface area contributed by atoms with Gasteiger partial charge in [-0.2, -0.15) is 0 Å². The lowest BCUT2D eigenvalue weighted by molar-refractivity contribution is 0.366. The monoisotopic (exact) mass is 206 g/mol. The molecule has 0 radical (unpaired) electrons. The lowest BCUT2D eigenvalue weighted by Gasteiger charge is -2.11. The van der Waals surface area contributed by atoms with Crippen molar-refractivity contribution in [2.45, 2.75) is 6.92 Å². The molecule has 80 valence electrons. The van der Waals surface area contributed by atoms with Gasteiger partial charge < -0.3 is 14.9 Å². The first kappa shape index (κ1) is 11.2. The van der Waals surface area contributed by atoms with Crippen molar-refractivity contribution in [1.82, 2.24) is 0 Å². The number of hydrogen-bond acceptors (Lipinski definition) is 3. The number of hydrogen-bond donors (Lipinski definition) is 2. The van der Waals surface area contributed by atoms with Crippen LogP contribution in [0, 0.1) is 0 Å². The second-order valence-electron chi connectivity index (χ2n) is 3.29. The minimum absolute atomic E-state index is 0.00680. The Hall–Kier alpha value is -1.90. The molecule has 3 heteroatoms. The molecule has 0 saturated carbocycles. The molecule has 0 bridgehead atoms. The van der Waals surface area contributed by atoms with Crippen molar-refractivity contribution in [3.63, 3.8) is 0 Å². The van der Waals surface area contributed by atoms with Crippen LogP contribution in [-0.4, -0.2) is 17.3 Å². The van der Waals surface area contributed by atoms with E-state index in [0.717, 1.165) is 0 Å². The van der Waals surface area contributed by atoms with Crippen LogP contribution in [0.25, 0.3) is 11.3 Å². The molecular formula is C12H14O3. The quantitative estimate of drug-likeness (QED) is 0.747. The van der Waals surface area contributed by atoms with Gasteiger partial charge in [0.05, 0.1) is 12.7 Å². The molecule has 0 aliphatic carbocycles. The van der Waals surface area contributed by atoms with Crippen LogP contribution in [0.15, 0.2) is 25.3 Å². The summed E-state index contributed by atoms with van der Waals surface area (Å²) in [7, 11) is 1.47. The molecule has 0 aliphatic rings. The smallest absolute Gasteiger partial charge is 0.130 e. The number of benzene rings is 1. The van der Waals surface area contributed by atoms with Crippen molar-refractivity contribution in [3.05, 3.63) is 36.4 Å². The molecule has 0 aliphatic heterocycles. The second kappa shape index (κ2) is 4.09. The van der Waals surface area contributed by atoms with E-state index in [2.05, 4.69) is 13.2 Å². The van der Waals surface area contributed by atoms with E-state index in [4.69, 9.17) is 4.74 Å². The molecule has 0 unspecified atom stereocenters. The van der Waals surface area contributed by atoms with Crippen LogP contribution in [-0.2, 0) is 4.74 Å². The molecule has 0 spiro atoms. The lowest BCUT2D eigenvalue weighted by atomic mass is 10.0. The summed E-state index contributed by atoms with van der Waals surface area (Å²) in [5, 5.41) is 19.1. The zero-order chi connectivity index (χ0) is 11.6. The normalized spacial score (nSPS) is 9.73. The Labute approximate surface area is 88.9 Å². The topological polar surface area (TPSA) is 49.7 Å². The minimum atomic E-state index is -0.0654. The first-order chi connectivity index (χ1) is 6.97. The summed E-state index contributed by atoms with van der Waals surface area (Å²) in [6.07, 6.45) is 0. The highest BCUT2D eigenvalue weighted by atomic mass is 16.5. The van der Waals surface area contributed by atoms with E-state index >= 15 is 0 Å². The Morgan fingerprint density at radius 3 is 2.13 bits per heavy atom. The van der Waals surface area contributed by atoms with Gasteiger partial charge in [-0.1, -0.05) is 13.2 Å². The van der Waals surface area contributed by atoms with Crippen LogP contribution in [0.1, 0.15) is 18.1 Å². The lowest BCUT2D eigenvalue weighted by Crippen LogP contribution is -1.90. The van der Waals surface area contributed by atoms with Gasteiger partial charge in [-0.15, -0.1) is 0 Å². The van der Waals surface area contributed by atoms with Gasteiger partial charge in [0.25, 0.3) is 0 Å². The zero-order valence-electron chi connectivity index (χ0n) is 8.87. The molecule has 2 N–H and O–H groups in total. The van der Waals surface area contributed by atoms with Gasteiger partial charge in [-0.25, -0.2) is 0 Å². The zero-order valence-corrected chi connectivity index (χ0v) is 8.87. The van der Waals surface area contributed by atoms with Crippen LogP contribution in [0.4, 0.5) is 0 Å². The molecule has 0 fully saturated rings. The first-order valence-corrected chi connectivity index (χ1v) is 4.42. The second-order valence-corrected chi connectivity index (χ2v) is 3.29. The van der Waals surface area contributed by atoms with Crippen LogP contribution in [0.5, 0.6) is 11.5 Å². The maximum atomic E-state index is 9.57. The summed E-state index contributed by atoms with van der Waals surface area (Å²) in [5.74, 6) is 0.270. The Kier molecular flexibility index (Phi) is 3.04. The van der Waals surface area contributed by atoms with Crippen molar-refractivity contribution < 1.29 is 14.9 Å². The number of phenols is 2. The third kappa shape index (κ3) is 2.13. The van der Waals surface area contributed by atoms with Gasteiger partial charge >= 0.3 is 0 Å². The maximum absolute atomic E-state index is 9.57. The van der Waals surface area contributed by atoms with Gasteiger partial charge in [0.2, 0.25) is 0 Å². The highest BCUT2D eigenvalue weighted by Crippen LogP contribution is 2.34. The van der Waals surface area contributed by atoms with E-state index in [1.807, 2.05) is 0 Å². The molecule has 0 heterocycles. The van der Waals surface area contributed by atoms with Gasteiger partial charge in [-0.05, 0) is 18.6 Å². The molecule has 0 atom stereocenters. The van der Waals surface area contributed by atoms with Crippen molar-refractivity contribution in [2.24, 2.45) is 0 Å². The Balaban J connectivity index is 3.36. The molecular weight excluding hydrogens is 192 g/mol. The molecule has 0 amide bonds.